The molecule has 0 fully saturated rings. The fourth-order valence-corrected chi connectivity index (χ4v) is 0.880. The van der Waals surface area contributed by atoms with Gasteiger partial charge in [-0.3, -0.25) is 0 Å². The largest absolute Gasteiger partial charge is 0.493 e. The van der Waals surface area contributed by atoms with Gasteiger partial charge in [0.15, 0.2) is 0 Å². The summed E-state index contributed by atoms with van der Waals surface area (Å²) in [6.45, 7) is 0. The first-order valence-electron chi connectivity index (χ1n) is 3.25. The van der Waals surface area contributed by atoms with E-state index in [0.29, 0.717) is 11.7 Å². The molecule has 2 heterocycles. The average molecular weight is 166 g/mol. The summed E-state index contributed by atoms with van der Waals surface area (Å²) in [5.74, 6) is 0.578. The van der Waals surface area contributed by atoms with Crippen LogP contribution in [0.3, 0.4) is 0 Å². The topological polar surface area (TPSA) is 72.5 Å². The molecule has 0 unspecified atom stereocenters. The first kappa shape index (κ1) is 6.84. The van der Waals surface area contributed by atoms with Gasteiger partial charge in [-0.25, -0.2) is 0 Å². The normalized spacial score (nSPS) is 10.4. The quantitative estimate of drug-likeness (QED) is 0.637. The van der Waals surface area contributed by atoms with Gasteiger partial charge in [-0.1, -0.05) is 0 Å². The number of rotatable bonds is 1. The van der Waals surface area contributed by atoms with Crippen molar-refractivity contribution in [3.63, 3.8) is 0 Å². The van der Waals surface area contributed by atoms with Crippen molar-refractivity contribution in [3.05, 3.63) is 12.4 Å². The minimum Gasteiger partial charge on any atom is -0.493 e. The zero-order valence-electron chi connectivity index (χ0n) is 6.30. The zero-order valence-corrected chi connectivity index (χ0v) is 6.30. The van der Waals surface area contributed by atoms with Gasteiger partial charge in [0, 0.05) is 0 Å². The molecule has 0 radical (unpaired) electrons. The Morgan fingerprint density at radius 1 is 1.58 bits per heavy atom. The van der Waals surface area contributed by atoms with E-state index >= 15 is 0 Å². The molecule has 0 spiro atoms. The molecule has 6 heteroatoms. The number of hydrogen-bond donors (Lipinski definition) is 1. The highest BCUT2D eigenvalue weighted by Gasteiger charge is 2.04. The fraction of sp³-hybridized carbons (Fsp3) is 0.167. The molecule has 0 saturated carbocycles. The predicted octanol–water partition coefficient (Wildman–Crippen LogP) is -0.162. The molecule has 1 N–H and O–H groups in total. The summed E-state index contributed by atoms with van der Waals surface area (Å²) < 4.78 is 6.03. The highest BCUT2D eigenvalue weighted by Crippen LogP contribution is 2.15. The van der Waals surface area contributed by atoms with Crippen LogP contribution in [0.1, 0.15) is 0 Å². The van der Waals surface area contributed by atoms with Gasteiger partial charge < -0.3 is 9.84 Å². The first-order valence-corrected chi connectivity index (χ1v) is 3.25. The summed E-state index contributed by atoms with van der Waals surface area (Å²) >= 11 is 0. The van der Waals surface area contributed by atoms with Crippen molar-refractivity contribution in [1.29, 1.82) is 0 Å². The Morgan fingerprint density at radius 3 is 3.17 bits per heavy atom. The second-order valence-corrected chi connectivity index (χ2v) is 2.13. The summed E-state index contributed by atoms with van der Waals surface area (Å²) in [6.07, 6.45) is 1.31. The molecular weight excluding hydrogens is 160 g/mol. The summed E-state index contributed by atoms with van der Waals surface area (Å²) in [6, 6.07) is 1.36. The SMILES string of the molecule is COc1cc(O)n2ncnc2n1. The molecule has 62 valence electrons. The van der Waals surface area contributed by atoms with Gasteiger partial charge in [0.25, 0.3) is 5.78 Å². The van der Waals surface area contributed by atoms with Crippen LogP contribution in [-0.4, -0.2) is 31.8 Å². The van der Waals surface area contributed by atoms with Crippen LogP contribution in [-0.2, 0) is 0 Å². The molecule has 0 aromatic carbocycles. The van der Waals surface area contributed by atoms with Crippen LogP contribution in [0.5, 0.6) is 11.8 Å². The van der Waals surface area contributed by atoms with Gasteiger partial charge in [0.1, 0.15) is 6.33 Å². The van der Waals surface area contributed by atoms with E-state index in [1.165, 1.54) is 24.0 Å². The number of hydrogen-bond acceptors (Lipinski definition) is 5. The van der Waals surface area contributed by atoms with Crippen LogP contribution < -0.4 is 4.74 Å². The van der Waals surface area contributed by atoms with Crippen molar-refractivity contribution in [2.75, 3.05) is 7.11 Å². The van der Waals surface area contributed by atoms with Crippen molar-refractivity contribution in [3.8, 4) is 11.8 Å². The predicted molar refractivity (Wildman–Crippen MR) is 39.0 cm³/mol. The number of ether oxygens (including phenoxy) is 1. The number of fused-ring (bicyclic) bond motifs is 1. The molecule has 6 nitrogen and oxygen atoms in total. The van der Waals surface area contributed by atoms with Crippen LogP contribution >= 0.6 is 0 Å². The average Bonchev–Trinajstić information content (AvgIpc) is 2.52. The van der Waals surface area contributed by atoms with Crippen LogP contribution in [0, 0.1) is 0 Å². The van der Waals surface area contributed by atoms with Crippen LogP contribution in [0.15, 0.2) is 12.4 Å². The van der Waals surface area contributed by atoms with Gasteiger partial charge in [0.05, 0.1) is 13.2 Å². The minimum absolute atomic E-state index is 0.0469. The Labute approximate surface area is 67.4 Å². The standard InChI is InChI=1S/C6H6N4O2/c1-12-4-2-5(11)10-6(9-4)7-3-8-10/h2-3,11H,1H3. The zero-order chi connectivity index (χ0) is 8.55. The van der Waals surface area contributed by atoms with Gasteiger partial charge in [0.2, 0.25) is 11.8 Å². The number of aromatic nitrogens is 4. The second kappa shape index (κ2) is 2.33. The number of aromatic hydroxyl groups is 1. The maximum absolute atomic E-state index is 9.31. The number of nitrogens with zero attached hydrogens (tertiary/aromatic N) is 4. The Hall–Kier alpha value is -1.85. The summed E-state index contributed by atoms with van der Waals surface area (Å²) in [5.41, 5.74) is 0. The van der Waals surface area contributed by atoms with E-state index in [2.05, 4.69) is 15.1 Å². The third-order valence-corrected chi connectivity index (χ3v) is 1.42. The minimum atomic E-state index is -0.0469. The van der Waals surface area contributed by atoms with Crippen molar-refractivity contribution >= 4 is 5.78 Å². The van der Waals surface area contributed by atoms with Crippen molar-refractivity contribution in [2.24, 2.45) is 0 Å². The molecule has 0 saturated heterocycles. The van der Waals surface area contributed by atoms with Crippen LogP contribution in [0.2, 0.25) is 0 Å². The third kappa shape index (κ3) is 0.849. The van der Waals surface area contributed by atoms with E-state index in [0.717, 1.165) is 0 Å². The highest BCUT2D eigenvalue weighted by molar-refractivity contribution is 5.34. The summed E-state index contributed by atoms with van der Waals surface area (Å²) in [7, 11) is 1.47. The lowest BCUT2D eigenvalue weighted by Crippen LogP contribution is -1.94. The molecule has 2 aromatic rings. The smallest absolute Gasteiger partial charge is 0.258 e. The maximum atomic E-state index is 9.31. The molecular formula is C6H6N4O2. The lowest BCUT2D eigenvalue weighted by molar-refractivity contribution is 0.383. The van der Waals surface area contributed by atoms with E-state index in [4.69, 9.17) is 4.74 Å². The lowest BCUT2D eigenvalue weighted by Gasteiger charge is -1.99. The van der Waals surface area contributed by atoms with Crippen molar-refractivity contribution < 1.29 is 9.84 Å². The van der Waals surface area contributed by atoms with Crippen molar-refractivity contribution in [1.82, 2.24) is 19.6 Å². The molecule has 0 bridgehead atoms. The Kier molecular flexibility index (Phi) is 1.33. The molecule has 0 aliphatic heterocycles. The van der Waals surface area contributed by atoms with E-state index in [-0.39, 0.29) is 5.88 Å². The highest BCUT2D eigenvalue weighted by atomic mass is 16.5. The van der Waals surface area contributed by atoms with Gasteiger partial charge in [-0.2, -0.15) is 19.6 Å². The van der Waals surface area contributed by atoms with E-state index in [1.54, 1.807) is 0 Å². The Balaban J connectivity index is 2.75. The molecule has 0 amide bonds. The summed E-state index contributed by atoms with van der Waals surface area (Å²) in [4.78, 5) is 7.71. The third-order valence-electron chi connectivity index (χ3n) is 1.42. The fourth-order valence-electron chi connectivity index (χ4n) is 0.880. The first-order chi connectivity index (χ1) is 5.81. The van der Waals surface area contributed by atoms with E-state index < -0.39 is 0 Å². The maximum Gasteiger partial charge on any atom is 0.258 e. The molecule has 0 aliphatic carbocycles. The Bertz CT molecular complexity index is 411. The molecule has 2 aromatic heterocycles. The monoisotopic (exact) mass is 166 g/mol. The van der Waals surface area contributed by atoms with Crippen molar-refractivity contribution in [2.45, 2.75) is 0 Å². The van der Waals surface area contributed by atoms with Gasteiger partial charge in [-0.15, -0.1) is 0 Å². The molecule has 12 heavy (non-hydrogen) atoms. The molecule has 2 rings (SSSR count). The molecule has 0 atom stereocenters. The number of methoxy groups -OCH3 is 1. The van der Waals surface area contributed by atoms with Gasteiger partial charge >= 0.3 is 0 Å². The van der Waals surface area contributed by atoms with E-state index in [9.17, 15) is 5.11 Å². The second-order valence-electron chi connectivity index (χ2n) is 2.13. The van der Waals surface area contributed by atoms with E-state index in [1.807, 2.05) is 0 Å². The van der Waals surface area contributed by atoms with Crippen LogP contribution in [0.25, 0.3) is 5.78 Å². The lowest BCUT2D eigenvalue weighted by atomic mass is 10.6. The Morgan fingerprint density at radius 2 is 2.42 bits per heavy atom. The summed E-state index contributed by atoms with van der Waals surface area (Å²) in [5, 5.41) is 13.0. The van der Waals surface area contributed by atoms with Gasteiger partial charge in [-0.05, 0) is 0 Å². The molecule has 0 aliphatic rings. The van der Waals surface area contributed by atoms with Crippen LogP contribution in [0.4, 0.5) is 0 Å².